The third-order valence-corrected chi connectivity index (χ3v) is 2.62. The topological polar surface area (TPSA) is 98.5 Å². The maximum absolute atomic E-state index is 11.9. The van der Waals surface area contributed by atoms with Gasteiger partial charge in [-0.15, -0.1) is 0 Å². The molecule has 0 saturated heterocycles. The van der Waals surface area contributed by atoms with E-state index in [1.807, 2.05) is 0 Å². The zero-order chi connectivity index (χ0) is 15.3. The molecule has 0 bridgehead atoms. The van der Waals surface area contributed by atoms with Crippen molar-refractivity contribution in [2.75, 3.05) is 6.61 Å². The molecule has 108 valence electrons. The number of hydrogen-bond donors (Lipinski definition) is 1. The number of nitro benzene ring substituents is 1. The number of nitro groups is 1. The molecule has 8 heteroatoms. The van der Waals surface area contributed by atoms with Crippen LogP contribution in [0.2, 0.25) is 5.02 Å². The number of ether oxygens (including phenoxy) is 1. The van der Waals surface area contributed by atoms with Gasteiger partial charge in [-0.25, -0.2) is 4.79 Å². The number of esters is 1. The van der Waals surface area contributed by atoms with Crippen molar-refractivity contribution in [2.45, 2.75) is 19.9 Å². The van der Waals surface area contributed by atoms with Gasteiger partial charge in [-0.3, -0.25) is 14.9 Å². The molecule has 0 saturated carbocycles. The van der Waals surface area contributed by atoms with Gasteiger partial charge in [0.1, 0.15) is 11.6 Å². The number of nitrogens with zero attached hydrogens (tertiary/aromatic N) is 1. The Labute approximate surface area is 120 Å². The van der Waals surface area contributed by atoms with Crippen LogP contribution in [-0.2, 0) is 9.53 Å². The minimum Gasteiger partial charge on any atom is -0.464 e. The Morgan fingerprint density at radius 2 is 2.15 bits per heavy atom. The average molecular weight is 301 g/mol. The van der Waals surface area contributed by atoms with E-state index in [9.17, 15) is 19.7 Å². The first-order chi connectivity index (χ1) is 9.36. The quantitative estimate of drug-likeness (QED) is 0.509. The van der Waals surface area contributed by atoms with Crippen molar-refractivity contribution in [3.05, 3.63) is 38.9 Å². The standard InChI is InChI=1S/C12H13ClN2O5/c1-3-20-12(17)7(2)14-11(16)9-5-4-8(13)6-10(9)15(18)19/h4-7H,3H2,1-2H3,(H,14,16). The van der Waals surface area contributed by atoms with E-state index in [1.54, 1.807) is 6.92 Å². The number of carbonyl (C=O) groups is 2. The van der Waals surface area contributed by atoms with Gasteiger partial charge in [-0.1, -0.05) is 11.6 Å². The monoisotopic (exact) mass is 300 g/mol. The lowest BCUT2D eigenvalue weighted by Crippen LogP contribution is -2.39. The van der Waals surface area contributed by atoms with E-state index in [4.69, 9.17) is 16.3 Å². The summed E-state index contributed by atoms with van der Waals surface area (Å²) in [6.07, 6.45) is 0. The molecule has 1 amide bonds. The summed E-state index contributed by atoms with van der Waals surface area (Å²) in [6.45, 7) is 3.24. The second-order valence-electron chi connectivity index (χ2n) is 3.87. The summed E-state index contributed by atoms with van der Waals surface area (Å²) < 4.78 is 4.73. The van der Waals surface area contributed by atoms with Crippen molar-refractivity contribution >= 4 is 29.2 Å². The van der Waals surface area contributed by atoms with E-state index in [-0.39, 0.29) is 17.2 Å². The third kappa shape index (κ3) is 3.92. The minimum absolute atomic E-state index is 0.145. The fourth-order valence-corrected chi connectivity index (χ4v) is 1.61. The summed E-state index contributed by atoms with van der Waals surface area (Å²) in [7, 11) is 0. The highest BCUT2D eigenvalue weighted by atomic mass is 35.5. The maximum atomic E-state index is 11.9. The van der Waals surface area contributed by atoms with Crippen molar-refractivity contribution < 1.29 is 19.2 Å². The van der Waals surface area contributed by atoms with Crippen LogP contribution >= 0.6 is 11.6 Å². The number of halogens is 1. The van der Waals surface area contributed by atoms with Gasteiger partial charge in [0.15, 0.2) is 0 Å². The van der Waals surface area contributed by atoms with E-state index >= 15 is 0 Å². The highest BCUT2D eigenvalue weighted by molar-refractivity contribution is 6.31. The van der Waals surface area contributed by atoms with E-state index in [1.165, 1.54) is 19.1 Å². The highest BCUT2D eigenvalue weighted by Crippen LogP contribution is 2.23. The van der Waals surface area contributed by atoms with Crippen LogP contribution in [0, 0.1) is 10.1 Å². The van der Waals surface area contributed by atoms with Gasteiger partial charge in [-0.05, 0) is 26.0 Å². The predicted octanol–water partition coefficient (Wildman–Crippen LogP) is 1.93. The van der Waals surface area contributed by atoms with Crippen LogP contribution in [0.3, 0.4) is 0 Å². The van der Waals surface area contributed by atoms with Crippen molar-refractivity contribution in [1.29, 1.82) is 0 Å². The van der Waals surface area contributed by atoms with E-state index in [2.05, 4.69) is 5.32 Å². The van der Waals surface area contributed by atoms with Crippen LogP contribution in [0.4, 0.5) is 5.69 Å². The van der Waals surface area contributed by atoms with Gasteiger partial charge >= 0.3 is 5.97 Å². The van der Waals surface area contributed by atoms with Crippen LogP contribution in [0.1, 0.15) is 24.2 Å². The molecule has 0 aliphatic rings. The molecule has 1 aromatic rings. The van der Waals surface area contributed by atoms with Crippen molar-refractivity contribution in [2.24, 2.45) is 0 Å². The van der Waals surface area contributed by atoms with Gasteiger partial charge in [0, 0.05) is 11.1 Å². The number of nitrogens with one attached hydrogen (secondary N) is 1. The smallest absolute Gasteiger partial charge is 0.328 e. The maximum Gasteiger partial charge on any atom is 0.328 e. The molecule has 0 aliphatic heterocycles. The van der Waals surface area contributed by atoms with Gasteiger partial charge in [0.2, 0.25) is 0 Å². The fraction of sp³-hybridized carbons (Fsp3) is 0.333. The molecule has 1 atom stereocenters. The molecule has 1 aromatic carbocycles. The zero-order valence-electron chi connectivity index (χ0n) is 10.9. The average Bonchev–Trinajstić information content (AvgIpc) is 2.38. The summed E-state index contributed by atoms with van der Waals surface area (Å²) in [5.74, 6) is -1.36. The zero-order valence-corrected chi connectivity index (χ0v) is 11.6. The van der Waals surface area contributed by atoms with Crippen LogP contribution in [-0.4, -0.2) is 29.4 Å². The molecule has 7 nitrogen and oxygen atoms in total. The summed E-state index contributed by atoms with van der Waals surface area (Å²) in [4.78, 5) is 33.5. The Morgan fingerprint density at radius 1 is 1.50 bits per heavy atom. The Morgan fingerprint density at radius 3 is 2.70 bits per heavy atom. The second-order valence-corrected chi connectivity index (χ2v) is 4.30. The number of benzene rings is 1. The van der Waals surface area contributed by atoms with Gasteiger partial charge in [0.25, 0.3) is 11.6 Å². The van der Waals surface area contributed by atoms with E-state index < -0.39 is 28.5 Å². The summed E-state index contributed by atoms with van der Waals surface area (Å²) >= 11 is 5.65. The first kappa shape index (κ1) is 15.9. The Hall–Kier alpha value is -2.15. The molecule has 0 fully saturated rings. The fourth-order valence-electron chi connectivity index (χ4n) is 1.45. The Balaban J connectivity index is 2.93. The first-order valence-corrected chi connectivity index (χ1v) is 6.16. The predicted molar refractivity (Wildman–Crippen MR) is 71.7 cm³/mol. The normalized spacial score (nSPS) is 11.6. The van der Waals surface area contributed by atoms with E-state index in [0.717, 1.165) is 6.07 Å². The minimum atomic E-state index is -0.905. The Bertz CT molecular complexity index is 547. The molecule has 0 aromatic heterocycles. The Kier molecular flexibility index (Phi) is 5.45. The second kappa shape index (κ2) is 6.85. The molecule has 0 spiro atoms. The largest absolute Gasteiger partial charge is 0.464 e. The van der Waals surface area contributed by atoms with Crippen LogP contribution in [0.5, 0.6) is 0 Å². The van der Waals surface area contributed by atoms with Crippen LogP contribution in [0.15, 0.2) is 18.2 Å². The van der Waals surface area contributed by atoms with Crippen molar-refractivity contribution in [3.63, 3.8) is 0 Å². The van der Waals surface area contributed by atoms with E-state index in [0.29, 0.717) is 0 Å². The summed E-state index contributed by atoms with van der Waals surface area (Å²) in [5, 5.41) is 13.4. The van der Waals surface area contributed by atoms with Crippen molar-refractivity contribution in [3.8, 4) is 0 Å². The van der Waals surface area contributed by atoms with Gasteiger partial charge in [0.05, 0.1) is 11.5 Å². The molecule has 20 heavy (non-hydrogen) atoms. The first-order valence-electron chi connectivity index (χ1n) is 5.78. The van der Waals surface area contributed by atoms with Gasteiger partial charge < -0.3 is 10.1 Å². The molecule has 1 N–H and O–H groups in total. The van der Waals surface area contributed by atoms with Crippen molar-refractivity contribution in [1.82, 2.24) is 5.32 Å². The molecular weight excluding hydrogens is 288 g/mol. The summed E-state index contributed by atoms with van der Waals surface area (Å²) in [6, 6.07) is 2.76. The highest BCUT2D eigenvalue weighted by Gasteiger charge is 2.24. The lowest BCUT2D eigenvalue weighted by atomic mass is 10.1. The number of carbonyl (C=O) groups excluding carboxylic acids is 2. The van der Waals surface area contributed by atoms with Crippen LogP contribution < -0.4 is 5.32 Å². The molecule has 0 aliphatic carbocycles. The number of hydrogen-bond acceptors (Lipinski definition) is 5. The summed E-state index contributed by atoms with van der Waals surface area (Å²) in [5.41, 5.74) is -0.596. The molecule has 0 radical (unpaired) electrons. The lowest BCUT2D eigenvalue weighted by Gasteiger charge is -2.12. The molecule has 1 unspecified atom stereocenters. The molecular formula is C12H13ClN2O5. The number of rotatable bonds is 5. The third-order valence-electron chi connectivity index (χ3n) is 2.39. The molecule has 0 heterocycles. The number of amides is 1. The van der Waals surface area contributed by atoms with Gasteiger partial charge in [-0.2, -0.15) is 0 Å². The van der Waals surface area contributed by atoms with Crippen LogP contribution in [0.25, 0.3) is 0 Å². The lowest BCUT2D eigenvalue weighted by molar-refractivity contribution is -0.385. The SMILES string of the molecule is CCOC(=O)C(C)NC(=O)c1ccc(Cl)cc1[N+](=O)[O-]. The molecule has 1 rings (SSSR count).